The van der Waals surface area contributed by atoms with Crippen LogP contribution in [0, 0.1) is 0 Å². The van der Waals surface area contributed by atoms with Gasteiger partial charge in [-0.05, 0) is 29.8 Å². The first-order valence-electron chi connectivity index (χ1n) is 10.3. The lowest BCUT2D eigenvalue weighted by Crippen LogP contribution is -2.57. The molecule has 2 N–H and O–H groups in total. The summed E-state index contributed by atoms with van der Waals surface area (Å²) < 4.78 is 0. The SMILES string of the molecule is CN(C)N1CCN(CC(=O)NC2(c3ccc(Cl)c(Cl)c3)C(=O)Nc3cc(Cl)cc(Cl)c32)CC1. The first-order chi connectivity index (χ1) is 15.6. The lowest BCUT2D eigenvalue weighted by molar-refractivity contribution is -0.130. The van der Waals surface area contributed by atoms with Crippen LogP contribution in [0.25, 0.3) is 0 Å². The number of carbonyl (C=O) groups is 2. The third kappa shape index (κ3) is 4.68. The number of halogens is 4. The summed E-state index contributed by atoms with van der Waals surface area (Å²) in [5, 5.41) is 11.2. The molecular weight excluding hydrogens is 508 g/mol. The van der Waals surface area contributed by atoms with Crippen LogP contribution in [-0.2, 0) is 15.1 Å². The lowest BCUT2D eigenvalue weighted by atomic mass is 9.83. The van der Waals surface area contributed by atoms with Crippen molar-refractivity contribution in [2.45, 2.75) is 5.54 Å². The van der Waals surface area contributed by atoms with Crippen molar-refractivity contribution in [2.24, 2.45) is 0 Å². The second-order valence-corrected chi connectivity index (χ2v) is 9.93. The van der Waals surface area contributed by atoms with Crippen molar-refractivity contribution in [1.29, 1.82) is 0 Å². The maximum Gasteiger partial charge on any atom is 0.259 e. The van der Waals surface area contributed by atoms with Crippen molar-refractivity contribution in [1.82, 2.24) is 20.2 Å². The third-order valence-corrected chi connectivity index (χ3v) is 7.24. The fourth-order valence-corrected chi connectivity index (χ4v) is 5.26. The molecule has 1 saturated heterocycles. The molecule has 2 aromatic rings. The Hall–Kier alpha value is -1.58. The largest absolute Gasteiger partial charge is 0.333 e. The van der Waals surface area contributed by atoms with Gasteiger partial charge in [-0.15, -0.1) is 0 Å². The number of hydrogen-bond donors (Lipinski definition) is 2. The Balaban J connectivity index is 1.68. The number of carbonyl (C=O) groups excluding carboxylic acids is 2. The van der Waals surface area contributed by atoms with Crippen LogP contribution in [-0.4, -0.2) is 73.6 Å². The predicted octanol–water partition coefficient (Wildman–Crippen LogP) is 3.71. The van der Waals surface area contributed by atoms with Crippen LogP contribution in [0.15, 0.2) is 30.3 Å². The van der Waals surface area contributed by atoms with Gasteiger partial charge in [-0.25, -0.2) is 10.0 Å². The second kappa shape index (κ2) is 9.58. The van der Waals surface area contributed by atoms with E-state index in [1.54, 1.807) is 30.3 Å². The van der Waals surface area contributed by atoms with E-state index in [9.17, 15) is 9.59 Å². The maximum absolute atomic E-state index is 13.4. The Bertz CT molecular complexity index is 1100. The molecule has 0 radical (unpaired) electrons. The molecule has 1 fully saturated rings. The number of fused-ring (bicyclic) bond motifs is 1. The van der Waals surface area contributed by atoms with E-state index in [-0.39, 0.29) is 22.5 Å². The molecule has 0 saturated carbocycles. The molecule has 7 nitrogen and oxygen atoms in total. The number of hydrogen-bond acceptors (Lipinski definition) is 5. The molecule has 1 unspecified atom stereocenters. The molecule has 2 aliphatic rings. The molecule has 0 spiro atoms. The molecule has 2 aromatic carbocycles. The minimum Gasteiger partial charge on any atom is -0.333 e. The van der Waals surface area contributed by atoms with E-state index >= 15 is 0 Å². The van der Waals surface area contributed by atoms with Gasteiger partial charge in [-0.1, -0.05) is 52.5 Å². The van der Waals surface area contributed by atoms with Crippen LogP contribution in [0.1, 0.15) is 11.1 Å². The van der Waals surface area contributed by atoms with Gasteiger partial charge in [0.1, 0.15) is 0 Å². The summed E-state index contributed by atoms with van der Waals surface area (Å²) in [7, 11) is 3.99. The zero-order chi connectivity index (χ0) is 23.9. The highest BCUT2D eigenvalue weighted by atomic mass is 35.5. The van der Waals surface area contributed by atoms with Gasteiger partial charge >= 0.3 is 0 Å². The fraction of sp³-hybridized carbons (Fsp3) is 0.364. The predicted molar refractivity (Wildman–Crippen MR) is 132 cm³/mol. The number of nitrogens with zero attached hydrogens (tertiary/aromatic N) is 3. The molecule has 176 valence electrons. The van der Waals surface area contributed by atoms with Crippen LogP contribution in [0.4, 0.5) is 5.69 Å². The van der Waals surface area contributed by atoms with Gasteiger partial charge in [-0.2, -0.15) is 0 Å². The molecule has 2 heterocycles. The van der Waals surface area contributed by atoms with Crippen LogP contribution in [0.2, 0.25) is 20.1 Å². The Kier molecular flexibility index (Phi) is 7.13. The summed E-state index contributed by atoms with van der Waals surface area (Å²) in [6.45, 7) is 3.21. The van der Waals surface area contributed by atoms with Crippen LogP contribution in [0.3, 0.4) is 0 Å². The van der Waals surface area contributed by atoms with Gasteiger partial charge in [0, 0.05) is 50.9 Å². The molecule has 33 heavy (non-hydrogen) atoms. The zero-order valence-electron chi connectivity index (χ0n) is 18.1. The smallest absolute Gasteiger partial charge is 0.259 e. The highest BCUT2D eigenvalue weighted by Gasteiger charge is 2.51. The number of rotatable bonds is 5. The monoisotopic (exact) mass is 529 g/mol. The second-order valence-electron chi connectivity index (χ2n) is 8.27. The molecule has 0 aromatic heterocycles. The Morgan fingerprint density at radius 3 is 2.36 bits per heavy atom. The van der Waals surface area contributed by atoms with Gasteiger partial charge < -0.3 is 10.6 Å². The average molecular weight is 531 g/mol. The lowest BCUT2D eigenvalue weighted by Gasteiger charge is -2.38. The maximum atomic E-state index is 13.4. The van der Waals surface area contributed by atoms with Crippen molar-refractivity contribution in [3.05, 3.63) is 61.5 Å². The topological polar surface area (TPSA) is 67.9 Å². The van der Waals surface area contributed by atoms with Crippen LogP contribution >= 0.6 is 46.4 Å². The Labute approximate surface area is 212 Å². The standard InChI is InChI=1S/C22H23Cl4N5O2/c1-29(2)31-7-5-30(6-8-31)12-19(32)28-22(13-3-4-15(24)16(25)9-13)20-17(26)10-14(23)11-18(20)27-21(22)33/h3-4,9-11H,5-8,12H2,1-2H3,(H,27,33)(H,28,32). The quantitative estimate of drug-likeness (QED) is 0.617. The van der Waals surface area contributed by atoms with Gasteiger partial charge in [-0.3, -0.25) is 14.5 Å². The number of amides is 2. The first kappa shape index (κ1) is 24.5. The van der Waals surface area contributed by atoms with Gasteiger partial charge in [0.05, 0.1) is 27.3 Å². The van der Waals surface area contributed by atoms with Crippen molar-refractivity contribution >= 4 is 63.9 Å². The molecule has 2 aliphatic heterocycles. The Morgan fingerprint density at radius 1 is 1.03 bits per heavy atom. The van der Waals surface area contributed by atoms with Crippen molar-refractivity contribution < 1.29 is 9.59 Å². The van der Waals surface area contributed by atoms with Crippen molar-refractivity contribution in [3.63, 3.8) is 0 Å². The van der Waals surface area contributed by atoms with E-state index in [0.29, 0.717) is 26.9 Å². The summed E-state index contributed by atoms with van der Waals surface area (Å²) in [4.78, 5) is 28.7. The fourth-order valence-electron chi connectivity index (χ4n) is 4.33. The summed E-state index contributed by atoms with van der Waals surface area (Å²) >= 11 is 25.1. The molecule has 11 heteroatoms. The van der Waals surface area contributed by atoms with Crippen LogP contribution in [0.5, 0.6) is 0 Å². The molecule has 0 bridgehead atoms. The van der Waals surface area contributed by atoms with Crippen molar-refractivity contribution in [3.8, 4) is 0 Å². The van der Waals surface area contributed by atoms with E-state index in [4.69, 9.17) is 46.4 Å². The average Bonchev–Trinajstić information content (AvgIpc) is 3.02. The highest BCUT2D eigenvalue weighted by molar-refractivity contribution is 6.42. The Morgan fingerprint density at radius 2 is 1.73 bits per heavy atom. The molecule has 4 rings (SSSR count). The molecule has 0 aliphatic carbocycles. The number of benzene rings is 2. The van der Waals surface area contributed by atoms with Gasteiger partial charge in [0.15, 0.2) is 5.54 Å². The number of hydrazine groups is 1. The summed E-state index contributed by atoms with van der Waals surface area (Å²) in [6.07, 6.45) is 0. The third-order valence-electron chi connectivity index (χ3n) is 5.98. The normalized spacial score (nSPS) is 21.2. The van der Waals surface area contributed by atoms with Gasteiger partial charge in [0.25, 0.3) is 5.91 Å². The summed E-state index contributed by atoms with van der Waals surface area (Å²) in [6, 6.07) is 7.96. The minimum atomic E-state index is -1.58. The van der Waals surface area contributed by atoms with Crippen LogP contribution < -0.4 is 10.6 Å². The highest BCUT2D eigenvalue weighted by Crippen LogP contribution is 2.47. The van der Waals surface area contributed by atoms with E-state index < -0.39 is 11.4 Å². The van der Waals surface area contributed by atoms with E-state index in [2.05, 4.69) is 20.5 Å². The summed E-state index contributed by atoms with van der Waals surface area (Å²) in [5.41, 5.74) is -0.275. The number of anilines is 1. The first-order valence-corrected chi connectivity index (χ1v) is 11.8. The van der Waals surface area contributed by atoms with E-state index in [1.165, 1.54) is 0 Å². The van der Waals surface area contributed by atoms with Crippen molar-refractivity contribution in [2.75, 3.05) is 52.1 Å². The number of nitrogens with one attached hydrogen (secondary N) is 2. The molecular formula is C22H23Cl4N5O2. The number of piperazine rings is 1. The zero-order valence-corrected chi connectivity index (χ0v) is 21.1. The molecule has 1 atom stereocenters. The summed E-state index contributed by atoms with van der Waals surface area (Å²) in [5.74, 6) is -0.765. The van der Waals surface area contributed by atoms with E-state index in [0.717, 1.165) is 26.2 Å². The minimum absolute atomic E-state index is 0.137. The van der Waals surface area contributed by atoms with E-state index in [1.807, 2.05) is 19.1 Å². The molecule has 2 amide bonds. The van der Waals surface area contributed by atoms with Gasteiger partial charge in [0.2, 0.25) is 5.91 Å².